The van der Waals surface area contributed by atoms with Crippen molar-refractivity contribution < 1.29 is 5.11 Å². The standard InChI is InChI=1S/C15H26N4O/c1-11(2)18-7-3-4-12(9-18)8-14-16-15-6-5-13(20)10-19(15)17-14/h11-13,20H,3-10H2,1-2H3. The Labute approximate surface area is 121 Å². The number of hydrogen-bond acceptors (Lipinski definition) is 4. The molecule has 0 saturated carbocycles. The monoisotopic (exact) mass is 278 g/mol. The first kappa shape index (κ1) is 14.0. The Morgan fingerprint density at radius 1 is 1.30 bits per heavy atom. The van der Waals surface area contributed by atoms with Gasteiger partial charge in [0.25, 0.3) is 0 Å². The lowest BCUT2D eigenvalue weighted by molar-refractivity contribution is 0.124. The third kappa shape index (κ3) is 3.04. The molecule has 2 atom stereocenters. The van der Waals surface area contributed by atoms with E-state index in [2.05, 4.69) is 28.8 Å². The van der Waals surface area contributed by atoms with Crippen LogP contribution in [0.3, 0.4) is 0 Å². The number of aryl methyl sites for hydroxylation is 1. The molecule has 5 nitrogen and oxygen atoms in total. The second-order valence-electron chi connectivity index (χ2n) is 6.62. The summed E-state index contributed by atoms with van der Waals surface area (Å²) in [4.78, 5) is 7.23. The van der Waals surface area contributed by atoms with Gasteiger partial charge in [-0.1, -0.05) is 0 Å². The Bertz CT molecular complexity index is 457. The number of fused-ring (bicyclic) bond motifs is 1. The Hall–Kier alpha value is -0.940. The van der Waals surface area contributed by atoms with Crippen molar-refractivity contribution in [2.45, 2.75) is 64.6 Å². The van der Waals surface area contributed by atoms with E-state index in [0.717, 1.165) is 30.9 Å². The van der Waals surface area contributed by atoms with Crippen LogP contribution in [0.4, 0.5) is 0 Å². The van der Waals surface area contributed by atoms with Crippen LogP contribution in [-0.2, 0) is 19.4 Å². The summed E-state index contributed by atoms with van der Waals surface area (Å²) in [5.41, 5.74) is 0. The topological polar surface area (TPSA) is 54.2 Å². The van der Waals surface area contributed by atoms with Gasteiger partial charge in [-0.25, -0.2) is 9.67 Å². The van der Waals surface area contributed by atoms with Crippen molar-refractivity contribution in [1.29, 1.82) is 0 Å². The van der Waals surface area contributed by atoms with E-state index in [9.17, 15) is 5.11 Å². The van der Waals surface area contributed by atoms with E-state index in [1.54, 1.807) is 0 Å². The number of piperidine rings is 1. The molecule has 1 N–H and O–H groups in total. The third-order valence-corrected chi connectivity index (χ3v) is 4.63. The lowest BCUT2D eigenvalue weighted by Gasteiger charge is -2.35. The van der Waals surface area contributed by atoms with Gasteiger partial charge in [0.2, 0.25) is 0 Å². The van der Waals surface area contributed by atoms with Gasteiger partial charge in [0.1, 0.15) is 5.82 Å². The lowest BCUT2D eigenvalue weighted by Crippen LogP contribution is -2.40. The first-order valence-electron chi connectivity index (χ1n) is 7.96. The van der Waals surface area contributed by atoms with Gasteiger partial charge < -0.3 is 10.0 Å². The Morgan fingerprint density at radius 3 is 2.95 bits per heavy atom. The summed E-state index contributed by atoms with van der Waals surface area (Å²) in [5, 5.41) is 14.3. The summed E-state index contributed by atoms with van der Waals surface area (Å²) in [6.07, 6.45) is 4.99. The molecule has 3 rings (SSSR count). The summed E-state index contributed by atoms with van der Waals surface area (Å²) < 4.78 is 1.91. The van der Waals surface area contributed by atoms with Gasteiger partial charge in [-0.05, 0) is 45.6 Å². The molecule has 0 aromatic carbocycles. The third-order valence-electron chi connectivity index (χ3n) is 4.63. The molecule has 2 aliphatic heterocycles. The summed E-state index contributed by atoms with van der Waals surface area (Å²) in [6.45, 7) is 7.57. The predicted molar refractivity (Wildman–Crippen MR) is 77.5 cm³/mol. The fourth-order valence-electron chi connectivity index (χ4n) is 3.42. The van der Waals surface area contributed by atoms with Crippen LogP contribution in [0.2, 0.25) is 0 Å². The number of rotatable bonds is 3. The van der Waals surface area contributed by atoms with Gasteiger partial charge in [0.15, 0.2) is 5.82 Å². The minimum absolute atomic E-state index is 0.247. The smallest absolute Gasteiger partial charge is 0.151 e. The number of aliphatic hydroxyl groups excluding tert-OH is 1. The summed E-state index contributed by atoms with van der Waals surface area (Å²) in [6, 6.07) is 0.635. The molecular formula is C15H26N4O. The predicted octanol–water partition coefficient (Wildman–Crippen LogP) is 1.25. The SMILES string of the molecule is CC(C)N1CCCC(Cc2nc3n(n2)CC(O)CC3)C1. The second-order valence-corrected chi connectivity index (χ2v) is 6.62. The summed E-state index contributed by atoms with van der Waals surface area (Å²) >= 11 is 0. The van der Waals surface area contributed by atoms with Crippen LogP contribution in [0.15, 0.2) is 0 Å². The molecule has 1 fully saturated rings. The lowest BCUT2D eigenvalue weighted by atomic mass is 9.94. The maximum Gasteiger partial charge on any atom is 0.151 e. The average molecular weight is 278 g/mol. The highest BCUT2D eigenvalue weighted by Crippen LogP contribution is 2.22. The first-order chi connectivity index (χ1) is 9.61. The molecule has 5 heteroatoms. The highest BCUT2D eigenvalue weighted by atomic mass is 16.3. The minimum atomic E-state index is -0.247. The van der Waals surface area contributed by atoms with Crippen LogP contribution in [0, 0.1) is 5.92 Å². The van der Waals surface area contributed by atoms with Crippen molar-refractivity contribution in [1.82, 2.24) is 19.7 Å². The van der Waals surface area contributed by atoms with Gasteiger partial charge in [0.05, 0.1) is 12.6 Å². The molecule has 20 heavy (non-hydrogen) atoms. The zero-order valence-electron chi connectivity index (χ0n) is 12.6. The molecule has 0 amide bonds. The van der Waals surface area contributed by atoms with E-state index in [0.29, 0.717) is 18.5 Å². The Balaban J connectivity index is 1.63. The minimum Gasteiger partial charge on any atom is -0.391 e. The van der Waals surface area contributed by atoms with Crippen molar-refractivity contribution in [2.75, 3.05) is 13.1 Å². The van der Waals surface area contributed by atoms with Crippen LogP contribution in [0.5, 0.6) is 0 Å². The van der Waals surface area contributed by atoms with Crippen molar-refractivity contribution in [3.8, 4) is 0 Å². The van der Waals surface area contributed by atoms with E-state index in [1.165, 1.54) is 25.9 Å². The van der Waals surface area contributed by atoms with E-state index < -0.39 is 0 Å². The van der Waals surface area contributed by atoms with E-state index in [4.69, 9.17) is 0 Å². The maximum absolute atomic E-state index is 9.69. The van der Waals surface area contributed by atoms with Crippen molar-refractivity contribution >= 4 is 0 Å². The molecule has 1 saturated heterocycles. The quantitative estimate of drug-likeness (QED) is 0.904. The van der Waals surface area contributed by atoms with E-state index >= 15 is 0 Å². The molecule has 1 aromatic heterocycles. The molecule has 1 aromatic rings. The summed E-state index contributed by atoms with van der Waals surface area (Å²) in [7, 11) is 0. The number of aromatic nitrogens is 3. The molecular weight excluding hydrogens is 252 g/mol. The number of hydrogen-bond donors (Lipinski definition) is 1. The van der Waals surface area contributed by atoms with Crippen molar-refractivity contribution in [3.05, 3.63) is 11.6 Å². The normalized spacial score (nSPS) is 27.8. The van der Waals surface area contributed by atoms with Gasteiger partial charge in [-0.15, -0.1) is 0 Å². The van der Waals surface area contributed by atoms with Gasteiger partial charge in [-0.2, -0.15) is 5.10 Å². The molecule has 0 bridgehead atoms. The molecule has 2 aliphatic rings. The Morgan fingerprint density at radius 2 is 2.15 bits per heavy atom. The van der Waals surface area contributed by atoms with Crippen LogP contribution < -0.4 is 0 Å². The average Bonchev–Trinajstić information content (AvgIpc) is 2.80. The fraction of sp³-hybridized carbons (Fsp3) is 0.867. The number of aliphatic hydroxyl groups is 1. The second kappa shape index (κ2) is 5.82. The molecule has 112 valence electrons. The molecule has 0 radical (unpaired) electrons. The Kier molecular flexibility index (Phi) is 4.08. The van der Waals surface area contributed by atoms with Crippen LogP contribution in [-0.4, -0.2) is 50.0 Å². The van der Waals surface area contributed by atoms with Gasteiger partial charge in [0, 0.05) is 25.4 Å². The zero-order valence-corrected chi connectivity index (χ0v) is 12.6. The first-order valence-corrected chi connectivity index (χ1v) is 7.96. The fourth-order valence-corrected chi connectivity index (χ4v) is 3.42. The molecule has 0 spiro atoms. The van der Waals surface area contributed by atoms with E-state index in [-0.39, 0.29) is 6.10 Å². The molecule has 3 heterocycles. The molecule has 0 aliphatic carbocycles. The van der Waals surface area contributed by atoms with Gasteiger partial charge >= 0.3 is 0 Å². The maximum atomic E-state index is 9.69. The van der Waals surface area contributed by atoms with Crippen LogP contribution in [0.25, 0.3) is 0 Å². The van der Waals surface area contributed by atoms with E-state index in [1.807, 2.05) is 4.68 Å². The molecule has 2 unspecified atom stereocenters. The van der Waals surface area contributed by atoms with Gasteiger partial charge in [-0.3, -0.25) is 0 Å². The summed E-state index contributed by atoms with van der Waals surface area (Å²) in [5.74, 6) is 2.71. The number of nitrogens with zero attached hydrogens (tertiary/aromatic N) is 4. The van der Waals surface area contributed by atoms with Crippen LogP contribution >= 0.6 is 0 Å². The number of likely N-dealkylation sites (tertiary alicyclic amines) is 1. The highest BCUT2D eigenvalue weighted by molar-refractivity contribution is 4.98. The largest absolute Gasteiger partial charge is 0.391 e. The van der Waals surface area contributed by atoms with Crippen molar-refractivity contribution in [2.24, 2.45) is 5.92 Å². The zero-order chi connectivity index (χ0) is 14.1. The highest BCUT2D eigenvalue weighted by Gasteiger charge is 2.25. The van der Waals surface area contributed by atoms with Crippen molar-refractivity contribution in [3.63, 3.8) is 0 Å². The van der Waals surface area contributed by atoms with Crippen LogP contribution in [0.1, 0.15) is 44.8 Å².